The Morgan fingerprint density at radius 2 is 1.33 bits per heavy atom. The first-order valence-corrected chi connectivity index (χ1v) is 9.98. The van der Waals surface area contributed by atoms with Crippen LogP contribution in [0.25, 0.3) is 0 Å². The van der Waals surface area contributed by atoms with Crippen LogP contribution in [0.4, 0.5) is 8.78 Å². The van der Waals surface area contributed by atoms with E-state index in [1.165, 1.54) is 0 Å². The van der Waals surface area contributed by atoms with Crippen molar-refractivity contribution in [3.05, 3.63) is 60.7 Å². The maximum atomic E-state index is 12.9. The lowest BCUT2D eigenvalue weighted by atomic mass is 10.2. The second kappa shape index (κ2) is 7.55. The van der Waals surface area contributed by atoms with Crippen LogP contribution in [0.15, 0.2) is 60.7 Å². The smallest absolute Gasteiger partial charge is 0.261 e. The van der Waals surface area contributed by atoms with Crippen LogP contribution in [0, 0.1) is 0 Å². The zero-order valence-corrected chi connectivity index (χ0v) is 15.4. The van der Waals surface area contributed by atoms with Gasteiger partial charge in [-0.05, 0) is 15.4 Å². The third kappa shape index (κ3) is 3.74. The summed E-state index contributed by atoms with van der Waals surface area (Å²) in [6, 6.07) is 18.6. The molecular formula is C19H25F2NOSi. The van der Waals surface area contributed by atoms with E-state index in [0.717, 1.165) is 10.4 Å². The lowest BCUT2D eigenvalue weighted by molar-refractivity contribution is 0.0873. The Kier molecular flexibility index (Phi) is 5.90. The van der Waals surface area contributed by atoms with Gasteiger partial charge < -0.3 is 10.2 Å². The zero-order valence-electron chi connectivity index (χ0n) is 14.4. The van der Waals surface area contributed by atoms with Crippen LogP contribution < -0.4 is 16.1 Å². The largest absolute Gasteiger partial charge is 0.406 e. The minimum atomic E-state index is -2.77. The number of halogens is 2. The topological polar surface area (TPSA) is 35.2 Å². The van der Waals surface area contributed by atoms with E-state index >= 15 is 0 Å². The van der Waals surface area contributed by atoms with Crippen molar-refractivity contribution in [2.24, 2.45) is 5.73 Å². The normalized spacial score (nSPS) is 14.0. The fourth-order valence-corrected chi connectivity index (χ4v) is 7.65. The monoisotopic (exact) mass is 349 g/mol. The molecule has 0 heterocycles. The van der Waals surface area contributed by atoms with Gasteiger partial charge in [0.2, 0.25) is 0 Å². The summed E-state index contributed by atoms with van der Waals surface area (Å²) in [4.78, 5) is 0. The van der Waals surface area contributed by atoms with E-state index in [9.17, 15) is 8.78 Å². The van der Waals surface area contributed by atoms with Gasteiger partial charge in [0.25, 0.3) is 14.7 Å². The predicted octanol–water partition coefficient (Wildman–Crippen LogP) is 3.16. The second-order valence-electron chi connectivity index (χ2n) is 6.97. The molecule has 2 N–H and O–H groups in total. The van der Waals surface area contributed by atoms with Crippen molar-refractivity contribution in [1.29, 1.82) is 0 Å². The van der Waals surface area contributed by atoms with Crippen molar-refractivity contribution >= 4 is 18.7 Å². The Hall–Kier alpha value is -1.56. The van der Waals surface area contributed by atoms with Crippen LogP contribution in [-0.2, 0) is 4.43 Å². The Balaban J connectivity index is 2.57. The molecule has 0 aromatic heterocycles. The number of benzene rings is 2. The Labute approximate surface area is 143 Å². The van der Waals surface area contributed by atoms with E-state index in [4.69, 9.17) is 10.2 Å². The third-order valence-electron chi connectivity index (χ3n) is 4.23. The van der Waals surface area contributed by atoms with Gasteiger partial charge in [-0.3, -0.25) is 0 Å². The minimum Gasteiger partial charge on any atom is -0.406 e. The average molecular weight is 349 g/mol. The molecule has 0 radical (unpaired) electrons. The second-order valence-corrected chi connectivity index (χ2v) is 11.3. The molecule has 0 aliphatic heterocycles. The summed E-state index contributed by atoms with van der Waals surface area (Å²) in [5.41, 5.74) is 5.57. The third-order valence-corrected chi connectivity index (χ3v) is 9.24. The number of hydrogen-bond donors (Lipinski definition) is 1. The van der Waals surface area contributed by atoms with Gasteiger partial charge in [0, 0.05) is 0 Å². The summed E-state index contributed by atoms with van der Waals surface area (Å²) in [6.45, 7) is 6.15. The molecule has 0 fully saturated rings. The van der Waals surface area contributed by atoms with Crippen LogP contribution in [0.1, 0.15) is 20.8 Å². The van der Waals surface area contributed by atoms with Crippen molar-refractivity contribution in [3.63, 3.8) is 0 Å². The van der Waals surface area contributed by atoms with Gasteiger partial charge in [-0.1, -0.05) is 81.4 Å². The van der Waals surface area contributed by atoms with E-state index in [-0.39, 0.29) is 11.6 Å². The van der Waals surface area contributed by atoms with Gasteiger partial charge in [0.05, 0.1) is 12.6 Å². The van der Waals surface area contributed by atoms with Gasteiger partial charge in [0.15, 0.2) is 0 Å². The molecule has 2 aromatic carbocycles. The highest BCUT2D eigenvalue weighted by atomic mass is 28.4. The van der Waals surface area contributed by atoms with Crippen molar-refractivity contribution in [3.8, 4) is 0 Å². The van der Waals surface area contributed by atoms with Gasteiger partial charge in [-0.25, -0.2) is 8.78 Å². The molecule has 5 heteroatoms. The molecule has 0 bridgehead atoms. The van der Waals surface area contributed by atoms with Crippen molar-refractivity contribution in [2.75, 3.05) is 6.61 Å². The lowest BCUT2D eigenvalue weighted by Crippen LogP contribution is -2.67. The van der Waals surface area contributed by atoms with Gasteiger partial charge >= 0.3 is 0 Å². The molecule has 24 heavy (non-hydrogen) atoms. The number of nitrogens with two attached hydrogens (primary N) is 1. The standard InChI is InChI=1S/C19H25F2NOSi/c1-19(2,3)24(15-10-6-4-7-11-15,16-12-8-5-9-13-16)23-14-17(22)18(20)21/h4-13,17-18H,14,22H2,1-3H3. The molecule has 2 rings (SSSR count). The van der Waals surface area contributed by atoms with Gasteiger partial charge in [-0.15, -0.1) is 0 Å². The van der Waals surface area contributed by atoms with E-state index < -0.39 is 20.8 Å². The van der Waals surface area contributed by atoms with Crippen molar-refractivity contribution in [1.82, 2.24) is 0 Å². The zero-order chi connectivity index (χ0) is 17.8. The Morgan fingerprint density at radius 1 is 0.917 bits per heavy atom. The average Bonchev–Trinajstić information content (AvgIpc) is 2.56. The van der Waals surface area contributed by atoms with Crippen LogP contribution in [-0.4, -0.2) is 27.4 Å². The summed E-state index contributed by atoms with van der Waals surface area (Å²) in [6.07, 6.45) is -2.59. The molecule has 0 saturated heterocycles. The van der Waals surface area contributed by atoms with Crippen LogP contribution in [0.5, 0.6) is 0 Å². The molecule has 1 unspecified atom stereocenters. The van der Waals surface area contributed by atoms with E-state index in [1.807, 2.05) is 60.7 Å². The molecule has 2 aromatic rings. The minimum absolute atomic E-state index is 0.162. The van der Waals surface area contributed by atoms with E-state index in [1.54, 1.807) is 0 Å². The van der Waals surface area contributed by atoms with Crippen LogP contribution in [0.2, 0.25) is 5.04 Å². The number of rotatable bonds is 6. The summed E-state index contributed by atoms with van der Waals surface area (Å²) >= 11 is 0. The molecule has 0 saturated carbocycles. The SMILES string of the molecule is CC(C)(C)[Si](OCC(N)C(F)F)(c1ccccc1)c1ccccc1. The molecule has 2 nitrogen and oxygen atoms in total. The molecule has 0 aliphatic rings. The van der Waals surface area contributed by atoms with Crippen LogP contribution in [0.3, 0.4) is 0 Å². The fourth-order valence-electron chi connectivity index (χ4n) is 3.06. The van der Waals surface area contributed by atoms with E-state index in [0.29, 0.717) is 0 Å². The molecular weight excluding hydrogens is 324 g/mol. The number of hydrogen-bond acceptors (Lipinski definition) is 2. The Bertz CT molecular complexity index is 589. The van der Waals surface area contributed by atoms with Crippen molar-refractivity contribution < 1.29 is 13.2 Å². The lowest BCUT2D eigenvalue weighted by Gasteiger charge is -2.43. The Morgan fingerprint density at radius 3 is 1.67 bits per heavy atom. The molecule has 1 atom stereocenters. The summed E-state index contributed by atoms with van der Waals surface area (Å²) < 4.78 is 32.2. The maximum Gasteiger partial charge on any atom is 0.261 e. The molecule has 130 valence electrons. The summed E-state index contributed by atoms with van der Waals surface area (Å²) in [5, 5.41) is 1.88. The molecule has 0 amide bonds. The maximum absolute atomic E-state index is 12.9. The van der Waals surface area contributed by atoms with Crippen molar-refractivity contribution in [2.45, 2.75) is 38.3 Å². The molecule has 0 spiro atoms. The fraction of sp³-hybridized carbons (Fsp3) is 0.368. The molecule has 0 aliphatic carbocycles. The highest BCUT2D eigenvalue weighted by Crippen LogP contribution is 2.36. The quantitative estimate of drug-likeness (QED) is 0.813. The first kappa shape index (κ1) is 18.8. The van der Waals surface area contributed by atoms with E-state index in [2.05, 4.69) is 20.8 Å². The summed E-state index contributed by atoms with van der Waals surface area (Å²) in [5.74, 6) is 0. The first-order valence-electron chi connectivity index (χ1n) is 8.08. The van der Waals surface area contributed by atoms with Gasteiger partial charge in [0.1, 0.15) is 0 Å². The first-order chi connectivity index (χ1) is 11.3. The number of alkyl halides is 2. The van der Waals surface area contributed by atoms with Crippen LogP contribution >= 0.6 is 0 Å². The van der Waals surface area contributed by atoms with Gasteiger partial charge in [-0.2, -0.15) is 0 Å². The highest BCUT2D eigenvalue weighted by molar-refractivity contribution is 6.99. The highest BCUT2D eigenvalue weighted by Gasteiger charge is 2.50. The predicted molar refractivity (Wildman–Crippen MR) is 97.6 cm³/mol. The summed E-state index contributed by atoms with van der Waals surface area (Å²) in [7, 11) is -2.77.